The molecule has 0 radical (unpaired) electrons. The summed E-state index contributed by atoms with van der Waals surface area (Å²) in [5.74, 6) is 0. The Morgan fingerprint density at radius 3 is 1.59 bits per heavy atom. The molecule has 0 bridgehead atoms. The van der Waals surface area contributed by atoms with E-state index in [1.807, 2.05) is 4.72 Å². The first-order chi connectivity index (χ1) is 13.1. The Hall–Kier alpha value is -2.32. The zero-order valence-electron chi connectivity index (χ0n) is 14.3. The Morgan fingerprint density at radius 2 is 1.17 bits per heavy atom. The lowest BCUT2D eigenvalue weighted by molar-refractivity contribution is -0.143. The molecule has 0 saturated heterocycles. The van der Waals surface area contributed by atoms with Crippen molar-refractivity contribution >= 4 is 25.7 Å². The molecule has 2 aromatic carbocycles. The van der Waals surface area contributed by atoms with Gasteiger partial charge in [-0.05, 0) is 43.4 Å². The van der Waals surface area contributed by atoms with Crippen LogP contribution in [0.2, 0.25) is 0 Å². The molecule has 0 amide bonds. The van der Waals surface area contributed by atoms with E-state index in [4.69, 9.17) is 0 Å². The van der Waals surface area contributed by atoms with Crippen molar-refractivity contribution in [2.24, 2.45) is 0 Å². The summed E-state index contributed by atoms with van der Waals surface area (Å²) >= 11 is 0. The Balaban J connectivity index is 2.54. The van der Waals surface area contributed by atoms with Gasteiger partial charge in [0.05, 0.1) is 26.6 Å². The Kier molecular flexibility index (Phi) is 5.94. The molecule has 0 spiro atoms. The van der Waals surface area contributed by atoms with Gasteiger partial charge in [0.1, 0.15) is 0 Å². The summed E-state index contributed by atoms with van der Waals surface area (Å²) in [6, 6.07) is 3.96. The lowest BCUT2D eigenvalue weighted by Gasteiger charge is -2.15. The standard InChI is InChI=1S/C15H12F6N2O4S2/c1-22-28(24,25)12-3-2-4-13(8-12)29(26,27)23-11-6-9(14(16,17)18)5-10(7-11)15(19,20)21/h2-8,22-23H,1H3. The number of sulfonamides is 2. The first kappa shape index (κ1) is 23.0. The normalized spacial score (nSPS) is 13.3. The predicted octanol–water partition coefficient (Wildman–Crippen LogP) is 3.43. The van der Waals surface area contributed by atoms with Crippen molar-refractivity contribution in [3.05, 3.63) is 53.6 Å². The Labute approximate surface area is 161 Å². The van der Waals surface area contributed by atoms with Gasteiger partial charge in [0.25, 0.3) is 10.0 Å². The van der Waals surface area contributed by atoms with Gasteiger partial charge in [0.2, 0.25) is 10.0 Å². The van der Waals surface area contributed by atoms with E-state index in [0.29, 0.717) is 6.07 Å². The zero-order valence-corrected chi connectivity index (χ0v) is 15.9. The molecule has 29 heavy (non-hydrogen) atoms. The van der Waals surface area contributed by atoms with Crippen molar-refractivity contribution in [3.63, 3.8) is 0 Å². The zero-order chi connectivity index (χ0) is 22.3. The van der Waals surface area contributed by atoms with Crippen LogP contribution in [0.25, 0.3) is 0 Å². The van der Waals surface area contributed by atoms with E-state index in [1.165, 1.54) is 0 Å². The molecule has 0 fully saturated rings. The molecule has 2 rings (SSSR count). The molecular weight excluding hydrogens is 450 g/mol. The molecule has 0 unspecified atom stereocenters. The molecule has 0 aromatic heterocycles. The highest BCUT2D eigenvalue weighted by atomic mass is 32.2. The minimum Gasteiger partial charge on any atom is -0.280 e. The second-order valence-electron chi connectivity index (χ2n) is 5.58. The third kappa shape index (κ3) is 5.39. The smallest absolute Gasteiger partial charge is 0.280 e. The van der Waals surface area contributed by atoms with E-state index in [1.54, 1.807) is 4.72 Å². The summed E-state index contributed by atoms with van der Waals surface area (Å²) in [5, 5.41) is 0. The molecule has 0 aliphatic heterocycles. The predicted molar refractivity (Wildman–Crippen MR) is 89.9 cm³/mol. The average molecular weight is 462 g/mol. The molecule has 160 valence electrons. The minimum atomic E-state index is -5.16. The molecule has 0 aliphatic carbocycles. The highest BCUT2D eigenvalue weighted by molar-refractivity contribution is 7.93. The lowest BCUT2D eigenvalue weighted by atomic mass is 10.1. The van der Waals surface area contributed by atoms with Crippen LogP contribution < -0.4 is 9.44 Å². The summed E-state index contributed by atoms with van der Waals surface area (Å²) in [5.41, 5.74) is -4.41. The van der Waals surface area contributed by atoms with Crippen molar-refractivity contribution in [1.82, 2.24) is 4.72 Å². The molecular formula is C15H12F6N2O4S2. The molecule has 0 saturated carbocycles. The summed E-state index contributed by atoms with van der Waals surface area (Å²) in [7, 11) is -7.69. The van der Waals surface area contributed by atoms with Crippen LogP contribution in [0.1, 0.15) is 11.1 Å². The summed E-state index contributed by atoms with van der Waals surface area (Å²) in [6.45, 7) is 0. The van der Waals surface area contributed by atoms with Crippen LogP contribution in [0.3, 0.4) is 0 Å². The lowest BCUT2D eigenvalue weighted by Crippen LogP contribution is -2.20. The molecule has 0 heterocycles. The minimum absolute atomic E-state index is 0.155. The maximum absolute atomic E-state index is 12.9. The number of alkyl halides is 6. The Bertz CT molecular complexity index is 1090. The van der Waals surface area contributed by atoms with Gasteiger partial charge in [-0.3, -0.25) is 4.72 Å². The summed E-state index contributed by atoms with van der Waals surface area (Å²) in [4.78, 5) is -1.15. The number of nitrogens with one attached hydrogen (secondary N) is 2. The van der Waals surface area contributed by atoms with E-state index < -0.39 is 59.0 Å². The second-order valence-corrected chi connectivity index (χ2v) is 9.15. The van der Waals surface area contributed by atoms with Gasteiger partial charge in [0.15, 0.2) is 0 Å². The van der Waals surface area contributed by atoms with Crippen molar-refractivity contribution in [3.8, 4) is 0 Å². The van der Waals surface area contributed by atoms with Gasteiger partial charge >= 0.3 is 12.4 Å². The van der Waals surface area contributed by atoms with Gasteiger partial charge in [-0.15, -0.1) is 0 Å². The fraction of sp³-hybridized carbons (Fsp3) is 0.200. The van der Waals surface area contributed by atoms with E-state index in [-0.39, 0.29) is 18.2 Å². The largest absolute Gasteiger partial charge is 0.416 e. The number of hydrogen-bond donors (Lipinski definition) is 2. The van der Waals surface area contributed by atoms with Crippen molar-refractivity contribution in [1.29, 1.82) is 0 Å². The quantitative estimate of drug-likeness (QED) is 0.666. The fourth-order valence-corrected chi connectivity index (χ4v) is 4.09. The number of halogens is 6. The van der Waals surface area contributed by atoms with Crippen LogP contribution in [0.15, 0.2) is 52.3 Å². The van der Waals surface area contributed by atoms with Crippen LogP contribution in [-0.4, -0.2) is 23.9 Å². The van der Waals surface area contributed by atoms with Gasteiger partial charge in [-0.2, -0.15) is 26.3 Å². The monoisotopic (exact) mass is 462 g/mol. The molecule has 0 atom stereocenters. The van der Waals surface area contributed by atoms with Crippen LogP contribution in [0.4, 0.5) is 32.0 Å². The third-order valence-electron chi connectivity index (χ3n) is 3.53. The van der Waals surface area contributed by atoms with E-state index in [2.05, 4.69) is 0 Å². The average Bonchev–Trinajstić information content (AvgIpc) is 2.59. The van der Waals surface area contributed by atoms with Gasteiger partial charge in [0, 0.05) is 0 Å². The molecule has 6 nitrogen and oxygen atoms in total. The summed E-state index contributed by atoms with van der Waals surface area (Å²) < 4.78 is 129. The van der Waals surface area contributed by atoms with Crippen LogP contribution in [-0.2, 0) is 32.4 Å². The topological polar surface area (TPSA) is 92.3 Å². The number of benzene rings is 2. The molecule has 14 heteroatoms. The fourth-order valence-electron chi connectivity index (χ4n) is 2.15. The van der Waals surface area contributed by atoms with Crippen molar-refractivity contribution in [2.45, 2.75) is 22.1 Å². The van der Waals surface area contributed by atoms with Crippen LogP contribution >= 0.6 is 0 Å². The van der Waals surface area contributed by atoms with Crippen molar-refractivity contribution in [2.75, 3.05) is 11.8 Å². The first-order valence-electron chi connectivity index (χ1n) is 7.42. The first-order valence-corrected chi connectivity index (χ1v) is 10.4. The Morgan fingerprint density at radius 1 is 0.724 bits per heavy atom. The van der Waals surface area contributed by atoms with E-state index >= 15 is 0 Å². The van der Waals surface area contributed by atoms with Gasteiger partial charge in [-0.1, -0.05) is 6.07 Å². The van der Waals surface area contributed by atoms with E-state index in [0.717, 1.165) is 25.2 Å². The summed E-state index contributed by atoms with van der Waals surface area (Å²) in [6.07, 6.45) is -10.3. The maximum Gasteiger partial charge on any atom is 0.416 e. The second kappa shape index (κ2) is 7.50. The number of rotatable bonds is 5. The van der Waals surface area contributed by atoms with Crippen LogP contribution in [0, 0.1) is 0 Å². The molecule has 0 aliphatic rings. The van der Waals surface area contributed by atoms with E-state index in [9.17, 15) is 43.2 Å². The number of hydrogen-bond acceptors (Lipinski definition) is 4. The van der Waals surface area contributed by atoms with Crippen LogP contribution in [0.5, 0.6) is 0 Å². The maximum atomic E-state index is 12.9. The van der Waals surface area contributed by atoms with Crippen molar-refractivity contribution < 1.29 is 43.2 Å². The SMILES string of the molecule is CNS(=O)(=O)c1cccc(S(=O)(=O)Nc2cc(C(F)(F)F)cc(C(F)(F)F)c2)c1. The molecule has 2 aromatic rings. The molecule has 2 N–H and O–H groups in total. The third-order valence-corrected chi connectivity index (χ3v) is 6.33. The highest BCUT2D eigenvalue weighted by Crippen LogP contribution is 2.38. The highest BCUT2D eigenvalue weighted by Gasteiger charge is 2.37. The van der Waals surface area contributed by atoms with Gasteiger partial charge in [-0.25, -0.2) is 21.6 Å². The number of anilines is 1. The van der Waals surface area contributed by atoms with Gasteiger partial charge < -0.3 is 0 Å².